The van der Waals surface area contributed by atoms with E-state index in [0.717, 1.165) is 28.0 Å². The van der Waals surface area contributed by atoms with Crippen LogP contribution < -0.4 is 15.4 Å². The molecule has 19 heavy (non-hydrogen) atoms. The normalized spacial score (nSPS) is 22.2. The first-order valence-electron chi connectivity index (χ1n) is 6.10. The number of hydrogen-bond acceptors (Lipinski definition) is 3. The van der Waals surface area contributed by atoms with E-state index in [-0.39, 0.29) is 5.91 Å². The first kappa shape index (κ1) is 13.4. The lowest BCUT2D eigenvalue weighted by Gasteiger charge is -2.26. The van der Waals surface area contributed by atoms with Gasteiger partial charge in [0.15, 0.2) is 0 Å². The van der Waals surface area contributed by atoms with Crippen molar-refractivity contribution in [1.29, 1.82) is 0 Å². The lowest BCUT2D eigenvalue weighted by molar-refractivity contribution is -0.123. The van der Waals surface area contributed by atoms with E-state index in [1.54, 1.807) is 14.0 Å². The SMILES string of the molecule is COc1c(C)cc(C2(C)NC(=O)NC2=O)c(C)c1C. The first-order valence-corrected chi connectivity index (χ1v) is 6.10. The van der Waals surface area contributed by atoms with Crippen molar-refractivity contribution in [1.82, 2.24) is 10.6 Å². The maximum absolute atomic E-state index is 12.0. The summed E-state index contributed by atoms with van der Waals surface area (Å²) >= 11 is 0. The molecule has 0 spiro atoms. The van der Waals surface area contributed by atoms with Crippen LogP contribution in [-0.4, -0.2) is 19.0 Å². The van der Waals surface area contributed by atoms with Crippen LogP contribution >= 0.6 is 0 Å². The van der Waals surface area contributed by atoms with Crippen LogP contribution in [0, 0.1) is 20.8 Å². The molecule has 1 aliphatic heterocycles. The largest absolute Gasteiger partial charge is 0.496 e. The Morgan fingerprint density at radius 2 is 1.79 bits per heavy atom. The number of ether oxygens (including phenoxy) is 1. The summed E-state index contributed by atoms with van der Waals surface area (Å²) in [6.45, 7) is 7.51. The Kier molecular flexibility index (Phi) is 3.00. The highest BCUT2D eigenvalue weighted by Crippen LogP contribution is 2.35. The molecule has 1 saturated heterocycles. The third kappa shape index (κ3) is 1.85. The monoisotopic (exact) mass is 262 g/mol. The van der Waals surface area contributed by atoms with Gasteiger partial charge in [0.25, 0.3) is 5.91 Å². The van der Waals surface area contributed by atoms with Crippen molar-refractivity contribution in [2.75, 3.05) is 7.11 Å². The molecule has 3 amide bonds. The van der Waals surface area contributed by atoms with E-state index in [2.05, 4.69) is 10.6 Å². The summed E-state index contributed by atoms with van der Waals surface area (Å²) in [5.41, 5.74) is 2.64. The molecule has 1 heterocycles. The number of hydrogen-bond donors (Lipinski definition) is 2. The fourth-order valence-corrected chi connectivity index (χ4v) is 2.62. The molecule has 1 unspecified atom stereocenters. The van der Waals surface area contributed by atoms with Gasteiger partial charge in [-0.3, -0.25) is 10.1 Å². The highest BCUT2D eigenvalue weighted by molar-refractivity contribution is 6.07. The zero-order valence-electron chi connectivity index (χ0n) is 11.8. The summed E-state index contributed by atoms with van der Waals surface area (Å²) < 4.78 is 5.37. The quantitative estimate of drug-likeness (QED) is 0.797. The summed E-state index contributed by atoms with van der Waals surface area (Å²) in [6.07, 6.45) is 0. The number of aryl methyl sites for hydroxylation is 1. The predicted molar refractivity (Wildman–Crippen MR) is 71.2 cm³/mol. The number of amides is 3. The van der Waals surface area contributed by atoms with E-state index in [4.69, 9.17) is 4.74 Å². The predicted octanol–water partition coefficient (Wildman–Crippen LogP) is 1.68. The molecule has 0 aromatic heterocycles. The van der Waals surface area contributed by atoms with Gasteiger partial charge < -0.3 is 10.1 Å². The minimum atomic E-state index is -1.02. The van der Waals surface area contributed by atoms with E-state index in [9.17, 15) is 9.59 Å². The second-order valence-corrected chi connectivity index (χ2v) is 5.06. The molecule has 0 aliphatic carbocycles. The lowest BCUT2D eigenvalue weighted by Crippen LogP contribution is -2.41. The Labute approximate surface area is 112 Å². The smallest absolute Gasteiger partial charge is 0.322 e. The fourth-order valence-electron chi connectivity index (χ4n) is 2.62. The third-order valence-electron chi connectivity index (χ3n) is 3.81. The summed E-state index contributed by atoms with van der Waals surface area (Å²) in [5.74, 6) is 0.485. The molecular formula is C14H18N2O3. The van der Waals surface area contributed by atoms with Gasteiger partial charge in [0, 0.05) is 0 Å². The molecule has 2 rings (SSSR count). The molecule has 1 aromatic rings. The van der Waals surface area contributed by atoms with Crippen LogP contribution in [0.5, 0.6) is 5.75 Å². The average Bonchev–Trinajstić information content (AvgIpc) is 2.59. The number of nitrogens with one attached hydrogen (secondary N) is 2. The Morgan fingerprint density at radius 1 is 1.16 bits per heavy atom. The molecule has 1 fully saturated rings. The molecule has 5 nitrogen and oxygen atoms in total. The minimum Gasteiger partial charge on any atom is -0.496 e. The summed E-state index contributed by atoms with van der Waals surface area (Å²) in [4.78, 5) is 23.4. The Morgan fingerprint density at radius 3 is 2.26 bits per heavy atom. The van der Waals surface area contributed by atoms with Gasteiger partial charge in [-0.2, -0.15) is 0 Å². The highest BCUT2D eigenvalue weighted by atomic mass is 16.5. The molecule has 1 aromatic carbocycles. The Hall–Kier alpha value is -2.04. The maximum Gasteiger partial charge on any atom is 0.322 e. The highest BCUT2D eigenvalue weighted by Gasteiger charge is 2.44. The van der Waals surface area contributed by atoms with Crippen LogP contribution in [0.2, 0.25) is 0 Å². The number of methoxy groups -OCH3 is 1. The van der Waals surface area contributed by atoms with Crippen molar-refractivity contribution < 1.29 is 14.3 Å². The zero-order valence-corrected chi connectivity index (χ0v) is 11.8. The molecular weight excluding hydrogens is 244 g/mol. The molecule has 0 radical (unpaired) electrons. The molecule has 1 atom stereocenters. The standard InChI is InChI=1S/C14H18N2O3/c1-7-6-10(8(2)9(3)11(7)19-5)14(4)12(17)15-13(18)16-14/h6H,1-5H3,(H2,15,16,17,18). The molecule has 0 saturated carbocycles. The number of rotatable bonds is 2. The van der Waals surface area contributed by atoms with Gasteiger partial charge in [-0.1, -0.05) is 0 Å². The third-order valence-corrected chi connectivity index (χ3v) is 3.81. The number of benzene rings is 1. The van der Waals surface area contributed by atoms with Crippen molar-refractivity contribution >= 4 is 11.9 Å². The van der Waals surface area contributed by atoms with Crippen LogP contribution in [0.15, 0.2) is 6.07 Å². The zero-order chi connectivity index (χ0) is 14.4. The number of carbonyl (C=O) groups is 2. The number of carbonyl (C=O) groups excluding carboxylic acids is 2. The van der Waals surface area contributed by atoms with E-state index in [1.807, 2.05) is 26.8 Å². The van der Waals surface area contributed by atoms with Crippen molar-refractivity contribution in [3.05, 3.63) is 28.3 Å². The Balaban J connectivity index is 2.64. The van der Waals surface area contributed by atoms with E-state index < -0.39 is 11.6 Å². The summed E-state index contributed by atoms with van der Waals surface area (Å²) in [6, 6.07) is 1.44. The topological polar surface area (TPSA) is 67.4 Å². The van der Waals surface area contributed by atoms with Crippen molar-refractivity contribution in [3.8, 4) is 5.75 Å². The van der Waals surface area contributed by atoms with Gasteiger partial charge in [0.1, 0.15) is 11.3 Å². The minimum absolute atomic E-state index is 0.329. The second kappa shape index (κ2) is 4.26. The second-order valence-electron chi connectivity index (χ2n) is 5.06. The maximum atomic E-state index is 12.0. The van der Waals surface area contributed by atoms with Crippen molar-refractivity contribution in [2.24, 2.45) is 0 Å². The summed E-state index contributed by atoms with van der Waals surface area (Å²) in [7, 11) is 1.63. The number of urea groups is 1. The van der Waals surface area contributed by atoms with Gasteiger partial charge in [-0.15, -0.1) is 0 Å². The van der Waals surface area contributed by atoms with Crippen LogP contribution in [-0.2, 0) is 10.3 Å². The van der Waals surface area contributed by atoms with E-state index in [1.165, 1.54) is 0 Å². The van der Waals surface area contributed by atoms with Gasteiger partial charge in [0.2, 0.25) is 0 Å². The van der Waals surface area contributed by atoms with Gasteiger partial charge in [-0.25, -0.2) is 4.79 Å². The fraction of sp³-hybridized carbons (Fsp3) is 0.429. The lowest BCUT2D eigenvalue weighted by atomic mass is 9.85. The van der Waals surface area contributed by atoms with Gasteiger partial charge in [-0.05, 0) is 56.0 Å². The van der Waals surface area contributed by atoms with Crippen molar-refractivity contribution in [2.45, 2.75) is 33.2 Å². The molecule has 1 aliphatic rings. The van der Waals surface area contributed by atoms with Crippen LogP contribution in [0.1, 0.15) is 29.2 Å². The first-order chi connectivity index (χ1) is 8.81. The van der Waals surface area contributed by atoms with Crippen LogP contribution in [0.4, 0.5) is 4.79 Å². The Bertz CT molecular complexity index is 581. The molecule has 102 valence electrons. The van der Waals surface area contributed by atoms with Crippen LogP contribution in [0.25, 0.3) is 0 Å². The summed E-state index contributed by atoms with van der Waals surface area (Å²) in [5, 5.41) is 4.97. The molecule has 2 N–H and O–H groups in total. The molecule has 5 heteroatoms. The van der Waals surface area contributed by atoms with E-state index >= 15 is 0 Å². The van der Waals surface area contributed by atoms with Crippen LogP contribution in [0.3, 0.4) is 0 Å². The van der Waals surface area contributed by atoms with Gasteiger partial charge in [0.05, 0.1) is 7.11 Å². The van der Waals surface area contributed by atoms with Crippen molar-refractivity contribution in [3.63, 3.8) is 0 Å². The van der Waals surface area contributed by atoms with Gasteiger partial charge >= 0.3 is 6.03 Å². The average molecular weight is 262 g/mol. The van der Waals surface area contributed by atoms with E-state index in [0.29, 0.717) is 0 Å². The number of imide groups is 1. The molecule has 0 bridgehead atoms.